The van der Waals surface area contributed by atoms with E-state index in [-0.39, 0.29) is 4.90 Å². The molecule has 0 spiro atoms. The molecule has 0 aliphatic carbocycles. The van der Waals surface area contributed by atoms with E-state index in [9.17, 15) is 8.42 Å². The molecule has 130 valence electrons. The van der Waals surface area contributed by atoms with E-state index in [1.54, 1.807) is 12.1 Å². The van der Waals surface area contributed by atoms with Gasteiger partial charge in [-0.1, -0.05) is 55.1 Å². The van der Waals surface area contributed by atoms with Gasteiger partial charge >= 0.3 is 0 Å². The number of rotatable bonds is 4. The summed E-state index contributed by atoms with van der Waals surface area (Å²) in [6.07, 6.45) is 0. The maximum atomic E-state index is 11.4. The molecule has 3 rings (SSSR count). The van der Waals surface area contributed by atoms with Gasteiger partial charge in [0, 0.05) is 16.3 Å². The summed E-state index contributed by atoms with van der Waals surface area (Å²) in [5.74, 6) is 0.694. The third-order valence-electron chi connectivity index (χ3n) is 3.93. The van der Waals surface area contributed by atoms with Crippen LogP contribution in [-0.4, -0.2) is 21.6 Å². The minimum Gasteiger partial charge on any atom is -0.356 e. The maximum absolute atomic E-state index is 11.4. The third kappa shape index (κ3) is 3.58. The maximum Gasteiger partial charge on any atom is 0.238 e. The second kappa shape index (κ2) is 6.25. The Hall–Kier alpha value is -2.22. The summed E-state index contributed by atoms with van der Waals surface area (Å²) in [5.41, 5.74) is 2.65. The molecule has 0 aliphatic heterocycles. The van der Waals surface area contributed by atoms with Crippen LogP contribution in [0.15, 0.2) is 64.0 Å². The van der Waals surface area contributed by atoms with Gasteiger partial charge in [0.1, 0.15) is 5.69 Å². The molecule has 7 heteroatoms. The monoisotopic (exact) mass is 372 g/mol. The molecule has 25 heavy (non-hydrogen) atoms. The Morgan fingerprint density at radius 1 is 0.920 bits per heavy atom. The van der Waals surface area contributed by atoms with Crippen molar-refractivity contribution in [1.82, 2.24) is 5.16 Å². The van der Waals surface area contributed by atoms with E-state index in [1.807, 2.05) is 30.3 Å². The smallest absolute Gasteiger partial charge is 0.238 e. The van der Waals surface area contributed by atoms with Crippen LogP contribution in [0.1, 0.15) is 0 Å². The van der Waals surface area contributed by atoms with E-state index in [0.717, 1.165) is 22.0 Å². The Kier molecular flexibility index (Phi) is 4.40. The van der Waals surface area contributed by atoms with Crippen molar-refractivity contribution in [1.29, 1.82) is 0 Å². The van der Waals surface area contributed by atoms with Gasteiger partial charge in [-0.25, -0.2) is 13.6 Å². The van der Waals surface area contributed by atoms with Crippen LogP contribution in [0, 0.1) is 0 Å². The highest BCUT2D eigenvalue weighted by Crippen LogP contribution is 2.28. The fourth-order valence-electron chi connectivity index (χ4n) is 2.77. The van der Waals surface area contributed by atoms with E-state index in [0.29, 0.717) is 5.76 Å². The zero-order chi connectivity index (χ0) is 18.2. The van der Waals surface area contributed by atoms with Crippen LogP contribution in [0.25, 0.3) is 22.6 Å². The number of nitrogens with two attached hydrogens (primary N) is 1. The number of sulfonamides is 1. The van der Waals surface area contributed by atoms with Gasteiger partial charge in [-0.15, -0.1) is 0 Å². The largest absolute Gasteiger partial charge is 0.356 e. The van der Waals surface area contributed by atoms with Crippen LogP contribution >= 0.6 is 0 Å². The number of benzene rings is 2. The van der Waals surface area contributed by atoms with Gasteiger partial charge < -0.3 is 4.52 Å². The Labute approximate surface area is 148 Å². The summed E-state index contributed by atoms with van der Waals surface area (Å²) in [6, 6.07) is 16.3. The summed E-state index contributed by atoms with van der Waals surface area (Å²) < 4.78 is 28.6. The highest BCUT2D eigenvalue weighted by atomic mass is 32.2. The molecule has 0 radical (unpaired) electrons. The highest BCUT2D eigenvalue weighted by Gasteiger charge is 2.30. The van der Waals surface area contributed by atoms with Crippen LogP contribution in [0.3, 0.4) is 0 Å². The van der Waals surface area contributed by atoms with E-state index in [1.165, 1.54) is 12.1 Å². The lowest BCUT2D eigenvalue weighted by atomic mass is 10.1. The molecule has 0 fully saturated rings. The van der Waals surface area contributed by atoms with Crippen molar-refractivity contribution in [3.63, 3.8) is 0 Å². The minimum atomic E-state index is -3.72. The molecule has 0 atom stereocenters. The quantitative estimate of drug-likeness (QED) is 0.713. The molecule has 5 nitrogen and oxygen atoms in total. The first-order valence-electron chi connectivity index (χ1n) is 7.87. The van der Waals surface area contributed by atoms with Gasteiger partial charge in [0.15, 0.2) is 5.76 Å². The number of hydrogen-bond donors (Lipinski definition) is 1. The second-order valence-corrected chi connectivity index (χ2v) is 13.5. The molecule has 1 heterocycles. The topological polar surface area (TPSA) is 86.2 Å². The van der Waals surface area contributed by atoms with Crippen LogP contribution in [-0.2, 0) is 10.0 Å². The molecule has 0 saturated heterocycles. The predicted octanol–water partition coefficient (Wildman–Crippen LogP) is 3.20. The van der Waals surface area contributed by atoms with E-state index in [2.05, 4.69) is 24.8 Å². The van der Waals surface area contributed by atoms with Crippen molar-refractivity contribution in [2.24, 2.45) is 5.14 Å². The van der Waals surface area contributed by atoms with E-state index in [4.69, 9.17) is 9.66 Å². The SMILES string of the molecule is C[Si](C)(C)c1c(-c2ccccc2)noc1-c1ccc(S(N)(=O)=O)cc1. The summed E-state index contributed by atoms with van der Waals surface area (Å²) in [5, 5.41) is 10.6. The van der Waals surface area contributed by atoms with E-state index >= 15 is 0 Å². The molecule has 0 unspecified atom stereocenters. The van der Waals surface area contributed by atoms with E-state index < -0.39 is 18.1 Å². The summed E-state index contributed by atoms with van der Waals surface area (Å²) >= 11 is 0. The fourth-order valence-corrected chi connectivity index (χ4v) is 5.06. The van der Waals surface area contributed by atoms with Gasteiger partial charge in [0.2, 0.25) is 10.0 Å². The normalized spacial score (nSPS) is 12.3. The molecular weight excluding hydrogens is 352 g/mol. The fraction of sp³-hybridized carbons (Fsp3) is 0.167. The zero-order valence-electron chi connectivity index (χ0n) is 14.4. The van der Waals surface area contributed by atoms with Gasteiger partial charge in [-0.3, -0.25) is 0 Å². The number of primary sulfonamides is 1. The highest BCUT2D eigenvalue weighted by molar-refractivity contribution is 7.89. The third-order valence-corrected chi connectivity index (χ3v) is 6.83. The minimum absolute atomic E-state index is 0.0774. The van der Waals surface area contributed by atoms with Gasteiger partial charge in [-0.2, -0.15) is 0 Å². The molecule has 0 amide bonds. The van der Waals surface area contributed by atoms with Crippen molar-refractivity contribution in [2.75, 3.05) is 0 Å². The van der Waals surface area contributed by atoms with Gasteiger partial charge in [0.05, 0.1) is 13.0 Å². The average molecular weight is 373 g/mol. The lowest BCUT2D eigenvalue weighted by Crippen LogP contribution is -2.39. The van der Waals surface area contributed by atoms with Crippen LogP contribution in [0.5, 0.6) is 0 Å². The van der Waals surface area contributed by atoms with Crippen molar-refractivity contribution >= 4 is 23.3 Å². The lowest BCUT2D eigenvalue weighted by molar-refractivity contribution is 0.435. The first-order chi connectivity index (χ1) is 11.7. The predicted molar refractivity (Wildman–Crippen MR) is 102 cm³/mol. The first kappa shape index (κ1) is 17.6. The number of aromatic nitrogens is 1. The standard InChI is InChI=1S/C18H20N2O3SSi/c1-25(2,3)18-16(13-7-5-4-6-8-13)20-23-17(18)14-9-11-15(12-10-14)24(19,21)22/h4-12H,1-3H3,(H2,19,21,22). The number of nitrogens with zero attached hydrogens (tertiary/aromatic N) is 1. The van der Waals surface area contributed by atoms with Crippen molar-refractivity contribution in [2.45, 2.75) is 24.5 Å². The Balaban J connectivity index is 2.16. The molecule has 1 aromatic heterocycles. The van der Waals surface area contributed by atoms with Crippen LogP contribution in [0.2, 0.25) is 19.6 Å². The van der Waals surface area contributed by atoms with Crippen LogP contribution < -0.4 is 10.3 Å². The van der Waals surface area contributed by atoms with Gasteiger partial charge in [0.25, 0.3) is 0 Å². The van der Waals surface area contributed by atoms with Crippen molar-refractivity contribution in [3.8, 4) is 22.6 Å². The van der Waals surface area contributed by atoms with Crippen LogP contribution in [0.4, 0.5) is 0 Å². The Morgan fingerprint density at radius 2 is 1.52 bits per heavy atom. The molecule has 0 aliphatic rings. The van der Waals surface area contributed by atoms with Crippen molar-refractivity contribution < 1.29 is 12.9 Å². The summed E-state index contributed by atoms with van der Waals surface area (Å²) in [4.78, 5) is 0.0774. The molecular formula is C18H20N2O3SSi. The Bertz CT molecular complexity index is 989. The first-order valence-corrected chi connectivity index (χ1v) is 12.9. The molecule has 0 bridgehead atoms. The zero-order valence-corrected chi connectivity index (χ0v) is 16.2. The second-order valence-electron chi connectivity index (χ2n) is 6.92. The molecule has 0 saturated carbocycles. The summed E-state index contributed by atoms with van der Waals surface area (Å²) in [6.45, 7) is 6.69. The Morgan fingerprint density at radius 3 is 2.04 bits per heavy atom. The molecule has 2 N–H and O–H groups in total. The molecule has 2 aromatic carbocycles. The van der Waals surface area contributed by atoms with Gasteiger partial charge in [-0.05, 0) is 24.3 Å². The summed E-state index contributed by atoms with van der Waals surface area (Å²) in [7, 11) is -5.50. The lowest BCUT2D eigenvalue weighted by Gasteiger charge is -2.17. The average Bonchev–Trinajstić information content (AvgIpc) is 3.00. The number of hydrogen-bond acceptors (Lipinski definition) is 4. The van der Waals surface area contributed by atoms with Crippen molar-refractivity contribution in [3.05, 3.63) is 54.6 Å². The molecule has 3 aromatic rings.